The molecular formula is C13H19NO3S. The second-order valence-electron chi connectivity index (χ2n) is 4.78. The Morgan fingerprint density at radius 1 is 1.67 bits per heavy atom. The summed E-state index contributed by atoms with van der Waals surface area (Å²) in [5.74, 6) is 2.56. The summed E-state index contributed by atoms with van der Waals surface area (Å²) in [6, 6.07) is 1.75. The fourth-order valence-corrected chi connectivity index (χ4v) is 3.35. The molecule has 1 fully saturated rings. The van der Waals surface area contributed by atoms with E-state index in [0.29, 0.717) is 18.1 Å². The molecular weight excluding hydrogens is 250 g/mol. The first-order valence-electron chi connectivity index (χ1n) is 6.22. The van der Waals surface area contributed by atoms with Crippen molar-refractivity contribution in [1.29, 1.82) is 0 Å². The minimum absolute atomic E-state index is 0.247. The second-order valence-corrected chi connectivity index (χ2v) is 5.89. The zero-order valence-corrected chi connectivity index (χ0v) is 11.6. The minimum Gasteiger partial charge on any atom is -0.456 e. The van der Waals surface area contributed by atoms with E-state index in [9.17, 15) is 9.90 Å². The molecule has 0 radical (unpaired) electrons. The van der Waals surface area contributed by atoms with Gasteiger partial charge in [0.1, 0.15) is 5.76 Å². The van der Waals surface area contributed by atoms with E-state index >= 15 is 0 Å². The van der Waals surface area contributed by atoms with Crippen LogP contribution >= 0.6 is 11.8 Å². The molecule has 100 valence electrons. The van der Waals surface area contributed by atoms with Gasteiger partial charge in [-0.2, -0.15) is 11.8 Å². The van der Waals surface area contributed by atoms with Crippen molar-refractivity contribution in [2.24, 2.45) is 0 Å². The smallest absolute Gasteiger partial charge is 0.287 e. The van der Waals surface area contributed by atoms with Crippen molar-refractivity contribution in [3.63, 3.8) is 0 Å². The second kappa shape index (κ2) is 5.36. The fraction of sp³-hybridized carbons (Fsp3) is 0.615. The molecule has 1 aliphatic heterocycles. The van der Waals surface area contributed by atoms with E-state index < -0.39 is 5.60 Å². The van der Waals surface area contributed by atoms with Crippen molar-refractivity contribution in [3.8, 4) is 0 Å². The first-order valence-corrected chi connectivity index (χ1v) is 7.37. The van der Waals surface area contributed by atoms with Crippen LogP contribution in [-0.2, 0) is 6.42 Å². The molecule has 0 bridgehead atoms. The minimum atomic E-state index is -0.754. The van der Waals surface area contributed by atoms with Crippen LogP contribution in [0.1, 0.15) is 35.2 Å². The zero-order valence-electron chi connectivity index (χ0n) is 10.8. The first-order chi connectivity index (χ1) is 8.54. The Bertz CT molecular complexity index is 435. The number of hydrogen-bond acceptors (Lipinski definition) is 4. The van der Waals surface area contributed by atoms with Crippen molar-refractivity contribution in [1.82, 2.24) is 5.32 Å². The number of nitrogens with one attached hydrogen (secondary N) is 1. The van der Waals surface area contributed by atoms with E-state index in [1.54, 1.807) is 17.8 Å². The van der Waals surface area contributed by atoms with Crippen LogP contribution in [0.15, 0.2) is 10.5 Å². The lowest BCUT2D eigenvalue weighted by Crippen LogP contribution is -2.42. The van der Waals surface area contributed by atoms with Crippen LogP contribution in [0.5, 0.6) is 0 Å². The van der Waals surface area contributed by atoms with Gasteiger partial charge in [-0.25, -0.2) is 0 Å². The summed E-state index contributed by atoms with van der Waals surface area (Å²) in [6.45, 7) is 4.21. The van der Waals surface area contributed by atoms with E-state index in [0.717, 1.165) is 29.9 Å². The topological polar surface area (TPSA) is 62.5 Å². The van der Waals surface area contributed by atoms with Gasteiger partial charge in [0, 0.05) is 18.7 Å². The summed E-state index contributed by atoms with van der Waals surface area (Å²) in [4.78, 5) is 11.9. The molecule has 1 saturated heterocycles. The average Bonchev–Trinajstić information content (AvgIpc) is 2.93. The highest BCUT2D eigenvalue weighted by atomic mass is 32.2. The Morgan fingerprint density at radius 3 is 3.00 bits per heavy atom. The molecule has 0 aromatic carbocycles. The van der Waals surface area contributed by atoms with Crippen molar-refractivity contribution in [3.05, 3.63) is 23.2 Å². The zero-order chi connectivity index (χ0) is 13.2. The molecule has 1 aromatic heterocycles. The maximum Gasteiger partial charge on any atom is 0.287 e. The summed E-state index contributed by atoms with van der Waals surface area (Å²) in [5, 5.41) is 12.9. The van der Waals surface area contributed by atoms with E-state index in [2.05, 4.69) is 5.32 Å². The number of rotatable bonds is 4. The van der Waals surface area contributed by atoms with Crippen LogP contribution in [0.2, 0.25) is 0 Å². The lowest BCUT2D eigenvalue weighted by Gasteiger charge is -2.21. The van der Waals surface area contributed by atoms with Gasteiger partial charge in [0.25, 0.3) is 5.91 Å². The first kappa shape index (κ1) is 13.5. The van der Waals surface area contributed by atoms with Crippen molar-refractivity contribution in [2.75, 3.05) is 18.1 Å². The van der Waals surface area contributed by atoms with Crippen molar-refractivity contribution < 1.29 is 14.3 Å². The highest BCUT2D eigenvalue weighted by Crippen LogP contribution is 2.27. The van der Waals surface area contributed by atoms with Crippen molar-refractivity contribution >= 4 is 17.7 Å². The number of aryl methyl sites for hydroxylation is 2. The molecule has 2 heterocycles. The third-order valence-corrected chi connectivity index (χ3v) is 4.46. The summed E-state index contributed by atoms with van der Waals surface area (Å²) in [7, 11) is 0. The molecule has 2 rings (SSSR count). The molecule has 2 N–H and O–H groups in total. The Kier molecular flexibility index (Phi) is 4.02. The molecule has 18 heavy (non-hydrogen) atoms. The Balaban J connectivity index is 1.95. The van der Waals surface area contributed by atoms with Gasteiger partial charge in [-0.1, -0.05) is 6.92 Å². The molecule has 0 saturated carbocycles. The number of furan rings is 1. The van der Waals surface area contributed by atoms with E-state index in [-0.39, 0.29) is 5.91 Å². The standard InChI is InChI=1S/C13H19NO3S/c1-3-10-9(2)6-11(17-10)12(15)14-7-13(16)4-5-18-8-13/h6,16H,3-5,7-8H2,1-2H3,(H,14,15). The van der Waals surface area contributed by atoms with E-state index in [1.165, 1.54) is 0 Å². The van der Waals surface area contributed by atoms with Crippen LogP contribution in [-0.4, -0.2) is 34.7 Å². The fourth-order valence-electron chi connectivity index (χ4n) is 2.05. The van der Waals surface area contributed by atoms with Crippen LogP contribution in [0, 0.1) is 6.92 Å². The maximum absolute atomic E-state index is 11.9. The highest BCUT2D eigenvalue weighted by Gasteiger charge is 2.32. The molecule has 1 aliphatic rings. The predicted octanol–water partition coefficient (Wildman–Crippen LogP) is 1.75. The van der Waals surface area contributed by atoms with Crippen LogP contribution in [0.4, 0.5) is 0 Å². The van der Waals surface area contributed by atoms with Crippen molar-refractivity contribution in [2.45, 2.75) is 32.3 Å². The summed E-state index contributed by atoms with van der Waals surface area (Å²) < 4.78 is 5.47. The van der Waals surface area contributed by atoms with Gasteiger partial charge in [0.15, 0.2) is 5.76 Å². The summed E-state index contributed by atoms with van der Waals surface area (Å²) in [5.41, 5.74) is 0.244. The van der Waals surface area contributed by atoms with Gasteiger partial charge < -0.3 is 14.8 Å². The Hall–Kier alpha value is -0.940. The van der Waals surface area contributed by atoms with Gasteiger partial charge in [-0.15, -0.1) is 0 Å². The number of hydrogen-bond donors (Lipinski definition) is 2. The highest BCUT2D eigenvalue weighted by molar-refractivity contribution is 7.99. The third-order valence-electron chi connectivity index (χ3n) is 3.23. The number of carbonyl (C=O) groups is 1. The van der Waals surface area contributed by atoms with Gasteiger partial charge in [-0.3, -0.25) is 4.79 Å². The molecule has 0 spiro atoms. The average molecular weight is 269 g/mol. The van der Waals surface area contributed by atoms with E-state index in [4.69, 9.17) is 4.42 Å². The summed E-state index contributed by atoms with van der Waals surface area (Å²) in [6.07, 6.45) is 1.51. The Morgan fingerprint density at radius 2 is 2.44 bits per heavy atom. The molecule has 1 atom stereocenters. The normalized spacial score (nSPS) is 23.3. The van der Waals surface area contributed by atoms with Crippen LogP contribution in [0.25, 0.3) is 0 Å². The summed E-state index contributed by atoms with van der Waals surface area (Å²) >= 11 is 1.71. The third kappa shape index (κ3) is 2.90. The molecule has 1 amide bonds. The van der Waals surface area contributed by atoms with Crippen LogP contribution in [0.3, 0.4) is 0 Å². The lowest BCUT2D eigenvalue weighted by atomic mass is 10.0. The van der Waals surface area contributed by atoms with Gasteiger partial charge in [-0.05, 0) is 30.7 Å². The molecule has 4 nitrogen and oxygen atoms in total. The SMILES string of the molecule is CCc1oc(C(=O)NCC2(O)CCSC2)cc1C. The Labute approximate surface area is 111 Å². The lowest BCUT2D eigenvalue weighted by molar-refractivity contribution is 0.0602. The number of carbonyl (C=O) groups excluding carboxylic acids is 1. The van der Waals surface area contributed by atoms with Gasteiger partial charge in [0.05, 0.1) is 5.60 Å². The number of thioether (sulfide) groups is 1. The van der Waals surface area contributed by atoms with E-state index in [1.807, 2.05) is 13.8 Å². The predicted molar refractivity (Wildman–Crippen MR) is 72.0 cm³/mol. The number of amides is 1. The van der Waals surface area contributed by atoms with Crippen LogP contribution < -0.4 is 5.32 Å². The molecule has 1 unspecified atom stereocenters. The molecule has 5 heteroatoms. The van der Waals surface area contributed by atoms with Gasteiger partial charge in [0.2, 0.25) is 0 Å². The quantitative estimate of drug-likeness (QED) is 0.874. The largest absolute Gasteiger partial charge is 0.456 e. The number of aliphatic hydroxyl groups is 1. The molecule has 0 aliphatic carbocycles. The maximum atomic E-state index is 11.9. The van der Waals surface area contributed by atoms with Gasteiger partial charge >= 0.3 is 0 Å². The molecule has 1 aromatic rings. The monoisotopic (exact) mass is 269 g/mol.